The number of aliphatic hydroxyl groups is 1. The minimum absolute atomic E-state index is 0.126. The zero-order valence-electron chi connectivity index (χ0n) is 12.2. The van der Waals surface area contributed by atoms with Crippen LogP contribution in [0.3, 0.4) is 0 Å². The van der Waals surface area contributed by atoms with Crippen LogP contribution in [0.15, 0.2) is 24.3 Å². The van der Waals surface area contributed by atoms with E-state index in [0.717, 1.165) is 30.6 Å². The number of rotatable bonds is 6. The number of unbranched alkanes of at least 4 members (excludes halogenated alkanes) is 1. The third-order valence-electron chi connectivity index (χ3n) is 3.29. The number of carbonyl (C=O) groups excluding carboxylic acids is 1. The fourth-order valence-electron chi connectivity index (χ4n) is 2.11. The van der Waals surface area contributed by atoms with Crippen LogP contribution in [-0.2, 0) is 17.8 Å². The first-order valence-electron chi connectivity index (χ1n) is 6.94. The Hall–Kier alpha value is -2.21. The molecule has 0 amide bonds. The zero-order chi connectivity index (χ0) is 15.2. The summed E-state index contributed by atoms with van der Waals surface area (Å²) < 4.78 is 6.38. The Balaban J connectivity index is 2.32. The molecule has 0 atom stereocenters. The smallest absolute Gasteiger partial charge is 0.337 e. The van der Waals surface area contributed by atoms with E-state index >= 15 is 0 Å². The van der Waals surface area contributed by atoms with Crippen molar-refractivity contribution in [2.24, 2.45) is 0 Å². The van der Waals surface area contributed by atoms with Crippen molar-refractivity contribution in [3.05, 3.63) is 41.2 Å². The molecule has 1 aromatic heterocycles. The van der Waals surface area contributed by atoms with E-state index in [1.807, 2.05) is 0 Å². The SMILES string of the molecule is CCCCc1c(CO)nnn1-c1ccc(C(=O)OC)cc1. The van der Waals surface area contributed by atoms with Crippen LogP contribution in [0.2, 0.25) is 0 Å². The number of hydrogen-bond donors (Lipinski definition) is 1. The molecule has 0 saturated heterocycles. The second kappa shape index (κ2) is 6.99. The molecule has 21 heavy (non-hydrogen) atoms. The van der Waals surface area contributed by atoms with E-state index in [9.17, 15) is 9.90 Å². The van der Waals surface area contributed by atoms with Crippen LogP contribution in [0.25, 0.3) is 5.69 Å². The highest BCUT2D eigenvalue weighted by atomic mass is 16.5. The van der Waals surface area contributed by atoms with Crippen molar-refractivity contribution in [1.82, 2.24) is 15.0 Å². The minimum atomic E-state index is -0.373. The number of carbonyl (C=O) groups is 1. The summed E-state index contributed by atoms with van der Waals surface area (Å²) in [6.07, 6.45) is 2.86. The van der Waals surface area contributed by atoms with E-state index in [0.29, 0.717) is 11.3 Å². The van der Waals surface area contributed by atoms with Crippen LogP contribution in [0, 0.1) is 0 Å². The van der Waals surface area contributed by atoms with Crippen molar-refractivity contribution in [2.45, 2.75) is 32.8 Å². The van der Waals surface area contributed by atoms with Gasteiger partial charge in [0.1, 0.15) is 5.69 Å². The van der Waals surface area contributed by atoms with Crippen molar-refractivity contribution in [2.75, 3.05) is 7.11 Å². The summed E-state index contributed by atoms with van der Waals surface area (Å²) in [6, 6.07) is 6.95. The first kappa shape index (κ1) is 15.2. The predicted molar refractivity (Wildman–Crippen MR) is 77.2 cm³/mol. The van der Waals surface area contributed by atoms with Crippen molar-refractivity contribution in [1.29, 1.82) is 0 Å². The largest absolute Gasteiger partial charge is 0.465 e. The van der Waals surface area contributed by atoms with Gasteiger partial charge in [-0.3, -0.25) is 0 Å². The lowest BCUT2D eigenvalue weighted by Crippen LogP contribution is -2.06. The number of hydrogen-bond acceptors (Lipinski definition) is 5. The standard InChI is InChI=1S/C15H19N3O3/c1-3-4-5-14-13(10-19)16-17-18(14)12-8-6-11(7-9-12)15(20)21-2/h6-9,19H,3-5,10H2,1-2H3. The monoisotopic (exact) mass is 289 g/mol. The van der Waals surface area contributed by atoms with Crippen LogP contribution in [0.5, 0.6) is 0 Å². The molecule has 2 aromatic rings. The molecule has 112 valence electrons. The van der Waals surface area contributed by atoms with Crippen molar-refractivity contribution < 1.29 is 14.6 Å². The average molecular weight is 289 g/mol. The molecular weight excluding hydrogens is 270 g/mol. The molecule has 6 nitrogen and oxygen atoms in total. The molecule has 1 heterocycles. The van der Waals surface area contributed by atoms with Crippen molar-refractivity contribution >= 4 is 5.97 Å². The maximum Gasteiger partial charge on any atom is 0.337 e. The molecule has 0 aliphatic rings. The van der Waals surface area contributed by atoms with Crippen LogP contribution < -0.4 is 0 Å². The number of ether oxygens (including phenoxy) is 1. The molecule has 0 radical (unpaired) electrons. The third kappa shape index (κ3) is 3.28. The van der Waals surface area contributed by atoms with E-state index < -0.39 is 0 Å². The van der Waals surface area contributed by atoms with Crippen LogP contribution in [0.4, 0.5) is 0 Å². The van der Waals surface area contributed by atoms with Gasteiger partial charge in [0.25, 0.3) is 0 Å². The van der Waals surface area contributed by atoms with Gasteiger partial charge in [0.05, 0.1) is 30.7 Å². The summed E-state index contributed by atoms with van der Waals surface area (Å²) >= 11 is 0. The van der Waals surface area contributed by atoms with Gasteiger partial charge >= 0.3 is 5.97 Å². The fourth-order valence-corrected chi connectivity index (χ4v) is 2.11. The van der Waals surface area contributed by atoms with Crippen LogP contribution in [-0.4, -0.2) is 33.2 Å². The molecule has 0 aliphatic heterocycles. The third-order valence-corrected chi connectivity index (χ3v) is 3.29. The normalized spacial score (nSPS) is 10.6. The topological polar surface area (TPSA) is 77.2 Å². The fraction of sp³-hybridized carbons (Fsp3) is 0.400. The molecule has 0 unspecified atom stereocenters. The number of esters is 1. The number of aromatic nitrogens is 3. The molecule has 0 saturated carbocycles. The first-order chi connectivity index (χ1) is 10.2. The quantitative estimate of drug-likeness (QED) is 0.822. The summed E-state index contributed by atoms with van der Waals surface area (Å²) in [5, 5.41) is 17.5. The highest BCUT2D eigenvalue weighted by Gasteiger charge is 2.13. The second-order valence-electron chi connectivity index (χ2n) is 4.69. The lowest BCUT2D eigenvalue weighted by atomic mass is 10.1. The molecule has 0 aliphatic carbocycles. The van der Waals surface area contributed by atoms with Crippen molar-refractivity contribution in [3.8, 4) is 5.69 Å². The Morgan fingerprint density at radius 1 is 1.33 bits per heavy atom. The lowest BCUT2D eigenvalue weighted by molar-refractivity contribution is 0.0600. The molecule has 0 fully saturated rings. The molecule has 1 N–H and O–H groups in total. The highest BCUT2D eigenvalue weighted by Crippen LogP contribution is 2.16. The van der Waals surface area contributed by atoms with Gasteiger partial charge in [-0.15, -0.1) is 5.10 Å². The Morgan fingerprint density at radius 2 is 2.05 bits per heavy atom. The number of methoxy groups -OCH3 is 1. The molecule has 2 rings (SSSR count). The van der Waals surface area contributed by atoms with E-state index in [4.69, 9.17) is 0 Å². The minimum Gasteiger partial charge on any atom is -0.465 e. The summed E-state index contributed by atoms with van der Waals surface area (Å²) in [6.45, 7) is 1.98. The van der Waals surface area contributed by atoms with Gasteiger partial charge in [-0.2, -0.15) is 0 Å². The van der Waals surface area contributed by atoms with E-state index in [2.05, 4.69) is 22.0 Å². The summed E-state index contributed by atoms with van der Waals surface area (Å²) in [7, 11) is 1.35. The summed E-state index contributed by atoms with van der Waals surface area (Å²) in [4.78, 5) is 11.4. The second-order valence-corrected chi connectivity index (χ2v) is 4.69. The van der Waals surface area contributed by atoms with Gasteiger partial charge in [-0.1, -0.05) is 18.6 Å². The van der Waals surface area contributed by atoms with Gasteiger partial charge in [-0.05, 0) is 37.1 Å². The number of aliphatic hydroxyl groups excluding tert-OH is 1. The van der Waals surface area contributed by atoms with E-state index in [-0.39, 0.29) is 12.6 Å². The number of nitrogens with zero attached hydrogens (tertiary/aromatic N) is 3. The van der Waals surface area contributed by atoms with Gasteiger partial charge in [-0.25, -0.2) is 9.48 Å². The van der Waals surface area contributed by atoms with E-state index in [1.54, 1.807) is 28.9 Å². The summed E-state index contributed by atoms with van der Waals surface area (Å²) in [5.74, 6) is -0.373. The lowest BCUT2D eigenvalue weighted by Gasteiger charge is -2.07. The summed E-state index contributed by atoms with van der Waals surface area (Å²) in [5.41, 5.74) is 2.80. The molecule has 0 bridgehead atoms. The van der Waals surface area contributed by atoms with Gasteiger partial charge in [0.15, 0.2) is 0 Å². The van der Waals surface area contributed by atoms with Crippen LogP contribution in [0.1, 0.15) is 41.5 Å². The van der Waals surface area contributed by atoms with Gasteiger partial charge in [0, 0.05) is 0 Å². The van der Waals surface area contributed by atoms with Crippen molar-refractivity contribution in [3.63, 3.8) is 0 Å². The maximum absolute atomic E-state index is 11.4. The molecule has 0 spiro atoms. The van der Waals surface area contributed by atoms with Gasteiger partial charge < -0.3 is 9.84 Å². The van der Waals surface area contributed by atoms with E-state index in [1.165, 1.54) is 7.11 Å². The van der Waals surface area contributed by atoms with Crippen LogP contribution >= 0.6 is 0 Å². The number of benzene rings is 1. The predicted octanol–water partition coefficient (Wildman–Crippen LogP) is 1.89. The Bertz CT molecular complexity index is 605. The Labute approximate surface area is 123 Å². The average Bonchev–Trinajstić information content (AvgIpc) is 2.95. The molecule has 6 heteroatoms. The van der Waals surface area contributed by atoms with Gasteiger partial charge in [0.2, 0.25) is 0 Å². The Kier molecular flexibility index (Phi) is 5.05. The zero-order valence-corrected chi connectivity index (χ0v) is 12.2. The Morgan fingerprint density at radius 3 is 2.62 bits per heavy atom. The maximum atomic E-state index is 11.4. The molecule has 1 aromatic carbocycles. The first-order valence-corrected chi connectivity index (χ1v) is 6.94. The molecular formula is C15H19N3O3. The highest BCUT2D eigenvalue weighted by molar-refractivity contribution is 5.89.